The van der Waals surface area contributed by atoms with Gasteiger partial charge in [-0.05, 0) is 19.1 Å². The number of aliphatic hydroxyl groups is 2. The molecule has 4 rings (SSSR count). The Morgan fingerprint density at radius 3 is 2.76 bits per heavy atom. The number of hydrogen-bond acceptors (Lipinski definition) is 6. The van der Waals surface area contributed by atoms with Crippen LogP contribution in [0.2, 0.25) is 0 Å². The third kappa shape index (κ3) is 2.11. The number of nitrogens with zero attached hydrogens (tertiary/aromatic N) is 5. The van der Waals surface area contributed by atoms with Crippen molar-refractivity contribution in [3.63, 3.8) is 0 Å². The summed E-state index contributed by atoms with van der Waals surface area (Å²) >= 11 is 0. The van der Waals surface area contributed by atoms with Gasteiger partial charge >= 0.3 is 0 Å². The molecule has 7 heteroatoms. The van der Waals surface area contributed by atoms with E-state index in [9.17, 15) is 5.11 Å². The first-order valence-corrected chi connectivity index (χ1v) is 6.75. The molecule has 21 heavy (non-hydrogen) atoms. The number of para-hydroxylation sites is 1. The van der Waals surface area contributed by atoms with Gasteiger partial charge in [-0.1, -0.05) is 12.1 Å². The highest BCUT2D eigenvalue weighted by molar-refractivity contribution is 6.13. The molecule has 0 fully saturated rings. The number of aliphatic hydroxyl groups excluding tert-OH is 2. The van der Waals surface area contributed by atoms with Gasteiger partial charge in [-0.2, -0.15) is 5.01 Å². The van der Waals surface area contributed by atoms with Crippen LogP contribution in [0.5, 0.6) is 0 Å². The molecule has 110 valence electrons. The number of hydrogen-bond donors (Lipinski definition) is 2. The molecular formula is C14H17N5O2. The molecule has 2 N–H and O–H groups in total. The molecule has 1 aromatic heterocycles. The Labute approximate surface area is 122 Å². The third-order valence-electron chi connectivity index (χ3n) is 3.27. The second kappa shape index (κ2) is 5.65. The van der Waals surface area contributed by atoms with Crippen LogP contribution in [0.25, 0.3) is 5.69 Å². The second-order valence-corrected chi connectivity index (χ2v) is 4.54. The minimum absolute atomic E-state index is 0.0691. The van der Waals surface area contributed by atoms with Crippen LogP contribution in [-0.4, -0.2) is 50.6 Å². The minimum atomic E-state index is -0.0691. The fourth-order valence-corrected chi connectivity index (χ4v) is 2.48. The predicted octanol–water partition coefficient (Wildman–Crippen LogP) is 0.575. The molecule has 0 radical (unpaired) electrons. The van der Waals surface area contributed by atoms with Gasteiger partial charge < -0.3 is 10.2 Å². The van der Waals surface area contributed by atoms with Crippen LogP contribution < -0.4 is 5.01 Å². The Kier molecular flexibility index (Phi) is 3.70. The Morgan fingerprint density at radius 2 is 2.00 bits per heavy atom. The summed E-state index contributed by atoms with van der Waals surface area (Å²) in [4.78, 5) is 8.69. The van der Waals surface area contributed by atoms with Crippen molar-refractivity contribution in [2.75, 3.05) is 25.0 Å². The van der Waals surface area contributed by atoms with Gasteiger partial charge in [-0.3, -0.25) is 4.57 Å². The van der Waals surface area contributed by atoms with E-state index in [-0.39, 0.29) is 13.3 Å². The largest absolute Gasteiger partial charge is 0.397 e. The molecule has 0 bridgehead atoms. The first kappa shape index (κ1) is 13.7. The predicted molar refractivity (Wildman–Crippen MR) is 79.1 cm³/mol. The SMILES string of the molecule is CCO.OCN1CN=C2c3ccccc3-n3cncc3N21. The summed E-state index contributed by atoms with van der Waals surface area (Å²) in [5.74, 6) is 1.77. The average molecular weight is 287 g/mol. The van der Waals surface area contributed by atoms with Gasteiger partial charge in [0, 0.05) is 12.2 Å². The van der Waals surface area contributed by atoms with Crippen molar-refractivity contribution in [1.82, 2.24) is 14.6 Å². The second-order valence-electron chi connectivity index (χ2n) is 4.54. The number of hydrazine groups is 1. The first-order valence-electron chi connectivity index (χ1n) is 6.75. The van der Waals surface area contributed by atoms with Gasteiger partial charge in [0.15, 0.2) is 11.7 Å². The molecule has 3 heterocycles. The molecule has 2 aliphatic heterocycles. The van der Waals surface area contributed by atoms with Crippen molar-refractivity contribution in [2.24, 2.45) is 4.99 Å². The topological polar surface area (TPSA) is 77.1 Å². The monoisotopic (exact) mass is 287 g/mol. The van der Waals surface area contributed by atoms with E-state index in [4.69, 9.17) is 5.11 Å². The number of anilines is 1. The van der Waals surface area contributed by atoms with Crippen LogP contribution in [0.1, 0.15) is 12.5 Å². The molecule has 0 amide bonds. The van der Waals surface area contributed by atoms with E-state index in [1.165, 1.54) is 0 Å². The van der Waals surface area contributed by atoms with Crippen molar-refractivity contribution in [1.29, 1.82) is 0 Å². The summed E-state index contributed by atoms with van der Waals surface area (Å²) in [6.07, 6.45) is 3.55. The van der Waals surface area contributed by atoms with Crippen LogP contribution in [0.3, 0.4) is 0 Å². The number of aromatic nitrogens is 2. The first-order chi connectivity index (χ1) is 10.3. The molecule has 1 aromatic carbocycles. The lowest BCUT2D eigenvalue weighted by Crippen LogP contribution is -2.45. The molecule has 0 aliphatic carbocycles. The summed E-state index contributed by atoms with van der Waals surface area (Å²) in [6.45, 7) is 2.33. The Morgan fingerprint density at radius 1 is 1.24 bits per heavy atom. The minimum Gasteiger partial charge on any atom is -0.397 e. The maximum Gasteiger partial charge on any atom is 0.155 e. The van der Waals surface area contributed by atoms with Crippen molar-refractivity contribution in [3.05, 3.63) is 42.4 Å². The number of benzene rings is 1. The molecular weight excluding hydrogens is 270 g/mol. The van der Waals surface area contributed by atoms with Crippen molar-refractivity contribution in [3.8, 4) is 5.69 Å². The van der Waals surface area contributed by atoms with Crippen molar-refractivity contribution >= 4 is 11.7 Å². The molecule has 7 nitrogen and oxygen atoms in total. The lowest BCUT2D eigenvalue weighted by Gasteiger charge is -2.33. The molecule has 0 saturated heterocycles. The van der Waals surface area contributed by atoms with E-state index in [1.54, 1.807) is 24.5 Å². The van der Waals surface area contributed by atoms with Crippen LogP contribution in [-0.2, 0) is 0 Å². The summed E-state index contributed by atoms with van der Waals surface area (Å²) < 4.78 is 2.00. The molecule has 0 atom stereocenters. The number of amidine groups is 1. The highest BCUT2D eigenvalue weighted by Gasteiger charge is 2.35. The normalized spacial score (nSPS) is 15.6. The highest BCUT2D eigenvalue weighted by atomic mass is 16.3. The molecule has 0 saturated carbocycles. The van der Waals surface area contributed by atoms with Crippen LogP contribution in [0.15, 0.2) is 41.8 Å². The van der Waals surface area contributed by atoms with Gasteiger partial charge in [-0.15, -0.1) is 0 Å². The van der Waals surface area contributed by atoms with Gasteiger partial charge in [-0.25, -0.2) is 15.0 Å². The smallest absolute Gasteiger partial charge is 0.155 e. The summed E-state index contributed by atoms with van der Waals surface area (Å²) in [6, 6.07) is 8.06. The lowest BCUT2D eigenvalue weighted by molar-refractivity contribution is 0.121. The number of fused-ring (bicyclic) bond motifs is 6. The zero-order valence-corrected chi connectivity index (χ0v) is 11.7. The van der Waals surface area contributed by atoms with E-state index in [2.05, 4.69) is 9.98 Å². The number of imidazole rings is 1. The highest BCUT2D eigenvalue weighted by Crippen LogP contribution is 2.33. The van der Waals surface area contributed by atoms with Crippen LogP contribution >= 0.6 is 0 Å². The van der Waals surface area contributed by atoms with Crippen molar-refractivity contribution in [2.45, 2.75) is 6.92 Å². The summed E-state index contributed by atoms with van der Waals surface area (Å²) in [5, 5.41) is 20.6. The van der Waals surface area contributed by atoms with E-state index in [1.807, 2.05) is 33.8 Å². The molecule has 2 aromatic rings. The summed E-state index contributed by atoms with van der Waals surface area (Å²) in [5.41, 5.74) is 2.12. The van der Waals surface area contributed by atoms with E-state index >= 15 is 0 Å². The number of rotatable bonds is 1. The van der Waals surface area contributed by atoms with Crippen molar-refractivity contribution < 1.29 is 10.2 Å². The van der Waals surface area contributed by atoms with Gasteiger partial charge in [0.05, 0.1) is 11.9 Å². The molecule has 0 unspecified atom stereocenters. The van der Waals surface area contributed by atoms with Gasteiger partial charge in [0.2, 0.25) is 0 Å². The standard InChI is InChI=1S/C12H11N5O.C2H6O/c18-8-15-7-14-12-9-3-1-2-4-10(9)16-6-13-5-11(16)17(12)15;1-2-3/h1-6,18H,7-8H2;3H,2H2,1H3. The fourth-order valence-electron chi connectivity index (χ4n) is 2.48. The van der Waals surface area contributed by atoms with E-state index < -0.39 is 0 Å². The fraction of sp³-hybridized carbons (Fsp3) is 0.286. The quantitative estimate of drug-likeness (QED) is 0.802. The molecule has 0 spiro atoms. The van der Waals surface area contributed by atoms with E-state index in [0.717, 1.165) is 22.9 Å². The summed E-state index contributed by atoms with van der Waals surface area (Å²) in [7, 11) is 0. The zero-order chi connectivity index (χ0) is 14.8. The third-order valence-corrected chi connectivity index (χ3v) is 3.27. The van der Waals surface area contributed by atoms with Crippen LogP contribution in [0.4, 0.5) is 5.82 Å². The Hall–Kier alpha value is -2.22. The maximum atomic E-state index is 9.40. The van der Waals surface area contributed by atoms with Gasteiger partial charge in [0.1, 0.15) is 19.7 Å². The van der Waals surface area contributed by atoms with Crippen LogP contribution in [0, 0.1) is 0 Å². The number of aliphatic imine (C=N–C) groups is 1. The maximum absolute atomic E-state index is 9.40. The average Bonchev–Trinajstić information content (AvgIpc) is 3.14. The molecule has 2 aliphatic rings. The zero-order valence-electron chi connectivity index (χ0n) is 11.7. The Bertz CT molecular complexity index is 667. The van der Waals surface area contributed by atoms with E-state index in [0.29, 0.717) is 6.67 Å². The Balaban J connectivity index is 0.000000409. The lowest BCUT2D eigenvalue weighted by atomic mass is 10.1. The van der Waals surface area contributed by atoms with Gasteiger partial charge in [0.25, 0.3) is 0 Å².